The van der Waals surface area contributed by atoms with Gasteiger partial charge in [0, 0.05) is 25.7 Å². The molecule has 2 heterocycles. The first kappa shape index (κ1) is 11.7. The second kappa shape index (κ2) is 5.50. The Morgan fingerprint density at radius 1 is 1.44 bits per heavy atom. The summed E-state index contributed by atoms with van der Waals surface area (Å²) in [6.45, 7) is 2.80. The molecule has 2 amide bonds. The standard InChI is InChI=1S/C11H21N3O2/c12-7-10-3-1-2-5-14(10)11(15)13-9-4-6-16-8-9/h9-10H,1-8,12H2,(H,13,15). The number of nitrogens with one attached hydrogen (secondary N) is 1. The van der Waals surface area contributed by atoms with Gasteiger partial charge in [-0.15, -0.1) is 0 Å². The molecule has 0 spiro atoms. The van der Waals surface area contributed by atoms with Gasteiger partial charge in [0.2, 0.25) is 0 Å². The average Bonchev–Trinajstić information content (AvgIpc) is 2.81. The Hall–Kier alpha value is -0.810. The summed E-state index contributed by atoms with van der Waals surface area (Å²) in [4.78, 5) is 13.9. The maximum Gasteiger partial charge on any atom is 0.317 e. The van der Waals surface area contributed by atoms with E-state index in [2.05, 4.69) is 5.32 Å². The minimum absolute atomic E-state index is 0.0330. The summed E-state index contributed by atoms with van der Waals surface area (Å²) in [5, 5.41) is 3.02. The highest BCUT2D eigenvalue weighted by molar-refractivity contribution is 5.75. The first-order chi connectivity index (χ1) is 7.81. The van der Waals surface area contributed by atoms with E-state index in [1.807, 2.05) is 4.90 Å². The van der Waals surface area contributed by atoms with Crippen LogP contribution in [0.1, 0.15) is 25.7 Å². The normalized spacial score (nSPS) is 30.4. The molecule has 2 aliphatic rings. The molecule has 2 rings (SSSR count). The zero-order valence-electron chi connectivity index (χ0n) is 9.65. The van der Waals surface area contributed by atoms with Crippen molar-refractivity contribution in [3.8, 4) is 0 Å². The fraction of sp³-hybridized carbons (Fsp3) is 0.909. The van der Waals surface area contributed by atoms with Gasteiger partial charge in [0.05, 0.1) is 12.6 Å². The maximum absolute atomic E-state index is 12.0. The van der Waals surface area contributed by atoms with E-state index >= 15 is 0 Å². The SMILES string of the molecule is NCC1CCCCN1C(=O)NC1CCOC1. The van der Waals surface area contributed by atoms with Gasteiger partial charge in [0.15, 0.2) is 0 Å². The maximum atomic E-state index is 12.0. The molecule has 2 unspecified atom stereocenters. The number of carbonyl (C=O) groups is 1. The van der Waals surface area contributed by atoms with Gasteiger partial charge in [-0.3, -0.25) is 0 Å². The molecular weight excluding hydrogens is 206 g/mol. The van der Waals surface area contributed by atoms with E-state index in [-0.39, 0.29) is 18.1 Å². The Bertz CT molecular complexity index is 241. The third-order valence-electron chi connectivity index (χ3n) is 3.42. The average molecular weight is 227 g/mol. The van der Waals surface area contributed by atoms with Gasteiger partial charge in [-0.2, -0.15) is 0 Å². The Kier molecular flexibility index (Phi) is 4.01. The highest BCUT2D eigenvalue weighted by atomic mass is 16.5. The van der Waals surface area contributed by atoms with E-state index in [0.717, 1.165) is 32.4 Å². The van der Waals surface area contributed by atoms with Crippen LogP contribution in [-0.4, -0.2) is 49.3 Å². The zero-order chi connectivity index (χ0) is 11.4. The third kappa shape index (κ3) is 2.65. The molecule has 3 N–H and O–H groups in total. The number of nitrogens with zero attached hydrogens (tertiary/aromatic N) is 1. The van der Waals surface area contributed by atoms with E-state index in [1.54, 1.807) is 0 Å². The summed E-state index contributed by atoms with van der Waals surface area (Å²) >= 11 is 0. The summed E-state index contributed by atoms with van der Waals surface area (Å²) in [6, 6.07) is 0.439. The monoisotopic (exact) mass is 227 g/mol. The van der Waals surface area contributed by atoms with Crippen molar-refractivity contribution in [1.29, 1.82) is 0 Å². The summed E-state index contributed by atoms with van der Waals surface area (Å²) in [5.41, 5.74) is 5.69. The summed E-state index contributed by atoms with van der Waals surface area (Å²) < 4.78 is 5.24. The molecular formula is C11H21N3O2. The van der Waals surface area contributed by atoms with Gasteiger partial charge < -0.3 is 20.7 Å². The topological polar surface area (TPSA) is 67.6 Å². The fourth-order valence-electron chi connectivity index (χ4n) is 2.42. The number of rotatable bonds is 2. The minimum atomic E-state index is 0.0330. The van der Waals surface area contributed by atoms with Crippen LogP contribution in [-0.2, 0) is 4.74 Å². The molecule has 5 nitrogen and oxygen atoms in total. The van der Waals surface area contributed by atoms with Crippen molar-refractivity contribution in [1.82, 2.24) is 10.2 Å². The second-order valence-electron chi connectivity index (χ2n) is 4.59. The molecule has 2 atom stereocenters. The van der Waals surface area contributed by atoms with Gasteiger partial charge >= 0.3 is 6.03 Å². The molecule has 16 heavy (non-hydrogen) atoms. The van der Waals surface area contributed by atoms with E-state index in [9.17, 15) is 4.79 Å². The molecule has 0 aliphatic carbocycles. The molecule has 0 aromatic rings. The number of likely N-dealkylation sites (tertiary alicyclic amines) is 1. The lowest BCUT2D eigenvalue weighted by molar-refractivity contribution is 0.147. The van der Waals surface area contributed by atoms with Crippen LogP contribution >= 0.6 is 0 Å². The van der Waals surface area contributed by atoms with Gasteiger partial charge in [-0.25, -0.2) is 4.79 Å². The van der Waals surface area contributed by atoms with Crippen LogP contribution in [0.25, 0.3) is 0 Å². The summed E-state index contributed by atoms with van der Waals surface area (Å²) in [5.74, 6) is 0. The van der Waals surface area contributed by atoms with E-state index < -0.39 is 0 Å². The Morgan fingerprint density at radius 3 is 3.00 bits per heavy atom. The van der Waals surface area contributed by atoms with E-state index in [4.69, 9.17) is 10.5 Å². The predicted octanol–water partition coefficient (Wildman–Crippen LogP) is 0.298. The molecule has 5 heteroatoms. The van der Waals surface area contributed by atoms with Crippen LogP contribution in [0.2, 0.25) is 0 Å². The number of nitrogens with two attached hydrogens (primary N) is 1. The fourth-order valence-corrected chi connectivity index (χ4v) is 2.42. The molecule has 0 bridgehead atoms. The van der Waals surface area contributed by atoms with Crippen LogP contribution < -0.4 is 11.1 Å². The van der Waals surface area contributed by atoms with Crippen molar-refractivity contribution in [3.05, 3.63) is 0 Å². The molecule has 0 aromatic heterocycles. The molecule has 2 saturated heterocycles. The lowest BCUT2D eigenvalue weighted by atomic mass is 10.0. The summed E-state index contributed by atoms with van der Waals surface area (Å²) in [6.07, 6.45) is 4.22. The van der Waals surface area contributed by atoms with Crippen LogP contribution in [0, 0.1) is 0 Å². The first-order valence-electron chi connectivity index (χ1n) is 6.16. The zero-order valence-corrected chi connectivity index (χ0v) is 9.65. The largest absolute Gasteiger partial charge is 0.379 e. The number of urea groups is 1. The molecule has 0 radical (unpaired) electrons. The van der Waals surface area contributed by atoms with Crippen molar-refractivity contribution < 1.29 is 9.53 Å². The van der Waals surface area contributed by atoms with Crippen LogP contribution in [0.15, 0.2) is 0 Å². The van der Waals surface area contributed by atoms with Gasteiger partial charge in [0.1, 0.15) is 0 Å². The van der Waals surface area contributed by atoms with Crippen molar-refractivity contribution in [2.24, 2.45) is 5.73 Å². The number of carbonyl (C=O) groups excluding carboxylic acids is 1. The van der Waals surface area contributed by atoms with Crippen LogP contribution in [0.4, 0.5) is 4.79 Å². The first-order valence-corrected chi connectivity index (χ1v) is 6.16. The quantitative estimate of drug-likeness (QED) is 0.713. The molecule has 92 valence electrons. The van der Waals surface area contributed by atoms with Crippen LogP contribution in [0.3, 0.4) is 0 Å². The number of piperidine rings is 1. The second-order valence-corrected chi connectivity index (χ2v) is 4.59. The molecule has 0 aromatic carbocycles. The smallest absolute Gasteiger partial charge is 0.317 e. The van der Waals surface area contributed by atoms with E-state index in [1.165, 1.54) is 6.42 Å². The number of hydrogen-bond acceptors (Lipinski definition) is 3. The molecule has 2 aliphatic heterocycles. The number of amides is 2. The van der Waals surface area contributed by atoms with Crippen molar-refractivity contribution in [2.75, 3.05) is 26.3 Å². The Morgan fingerprint density at radius 2 is 2.31 bits per heavy atom. The number of hydrogen-bond donors (Lipinski definition) is 2. The van der Waals surface area contributed by atoms with Crippen molar-refractivity contribution >= 4 is 6.03 Å². The van der Waals surface area contributed by atoms with E-state index in [0.29, 0.717) is 13.2 Å². The summed E-state index contributed by atoms with van der Waals surface area (Å²) in [7, 11) is 0. The van der Waals surface area contributed by atoms with Gasteiger partial charge in [0.25, 0.3) is 0 Å². The molecule has 0 saturated carbocycles. The Balaban J connectivity index is 1.86. The number of ether oxygens (including phenoxy) is 1. The van der Waals surface area contributed by atoms with Gasteiger partial charge in [-0.1, -0.05) is 0 Å². The van der Waals surface area contributed by atoms with Gasteiger partial charge in [-0.05, 0) is 25.7 Å². The third-order valence-corrected chi connectivity index (χ3v) is 3.42. The Labute approximate surface area is 96.3 Å². The van der Waals surface area contributed by atoms with Crippen LogP contribution in [0.5, 0.6) is 0 Å². The lowest BCUT2D eigenvalue weighted by Crippen LogP contribution is -2.53. The van der Waals surface area contributed by atoms with Crippen molar-refractivity contribution in [2.45, 2.75) is 37.8 Å². The highest BCUT2D eigenvalue weighted by Gasteiger charge is 2.27. The van der Waals surface area contributed by atoms with Crippen molar-refractivity contribution in [3.63, 3.8) is 0 Å². The predicted molar refractivity (Wildman–Crippen MR) is 61.2 cm³/mol. The highest BCUT2D eigenvalue weighted by Crippen LogP contribution is 2.16. The molecule has 2 fully saturated rings. The lowest BCUT2D eigenvalue weighted by Gasteiger charge is -2.35. The minimum Gasteiger partial charge on any atom is -0.379 e.